The fraction of sp³-hybridized carbons (Fsp3) is 0.800. The van der Waals surface area contributed by atoms with Crippen LogP contribution in [0.2, 0.25) is 0 Å². The van der Waals surface area contributed by atoms with Crippen LogP contribution in [0.5, 0.6) is 0 Å². The molecule has 0 atom stereocenters. The number of amides is 1. The summed E-state index contributed by atoms with van der Waals surface area (Å²) in [7, 11) is 1.67. The first-order valence-corrected chi connectivity index (χ1v) is 5.17. The number of carboxylic acid groups (broad SMARTS) is 1. The average molecular weight is 217 g/mol. The lowest BCUT2D eigenvalue weighted by Crippen LogP contribution is -2.27. The molecule has 0 heterocycles. The first-order valence-electron chi connectivity index (χ1n) is 5.17. The van der Waals surface area contributed by atoms with E-state index in [2.05, 4.69) is 0 Å². The van der Waals surface area contributed by atoms with Crippen molar-refractivity contribution in [1.29, 1.82) is 0 Å². The zero-order valence-corrected chi connectivity index (χ0v) is 9.36. The molecular formula is C10H19NO4. The Morgan fingerprint density at radius 3 is 2.47 bits per heavy atom. The van der Waals surface area contributed by atoms with Crippen molar-refractivity contribution < 1.29 is 19.4 Å². The Morgan fingerprint density at radius 1 is 1.27 bits per heavy atom. The molecule has 0 bridgehead atoms. The van der Waals surface area contributed by atoms with Crippen LogP contribution in [0.1, 0.15) is 32.6 Å². The van der Waals surface area contributed by atoms with E-state index in [1.54, 1.807) is 7.05 Å². The van der Waals surface area contributed by atoms with Gasteiger partial charge in [-0.05, 0) is 26.2 Å². The van der Waals surface area contributed by atoms with Crippen molar-refractivity contribution in [3.63, 3.8) is 0 Å². The standard InChI is InChI=1S/C10H19NO4/c1-3-11(2)10(14)15-8-6-4-5-7-9(12)13/h3-8H2,1-2H3,(H,12,13). The van der Waals surface area contributed by atoms with E-state index in [9.17, 15) is 9.59 Å². The molecule has 0 radical (unpaired) electrons. The van der Waals surface area contributed by atoms with Gasteiger partial charge in [0, 0.05) is 20.0 Å². The highest BCUT2D eigenvalue weighted by atomic mass is 16.6. The number of carbonyl (C=O) groups is 2. The quantitative estimate of drug-likeness (QED) is 0.659. The molecule has 0 aliphatic carbocycles. The summed E-state index contributed by atoms with van der Waals surface area (Å²) in [5, 5.41) is 8.37. The fourth-order valence-electron chi connectivity index (χ4n) is 0.954. The number of aliphatic carboxylic acids is 1. The topological polar surface area (TPSA) is 66.8 Å². The molecule has 0 saturated carbocycles. The molecule has 0 aromatic heterocycles. The molecule has 15 heavy (non-hydrogen) atoms. The molecule has 1 N–H and O–H groups in total. The van der Waals surface area contributed by atoms with Gasteiger partial charge in [0.05, 0.1) is 6.61 Å². The van der Waals surface area contributed by atoms with Crippen LogP contribution in [0, 0.1) is 0 Å². The van der Waals surface area contributed by atoms with Gasteiger partial charge < -0.3 is 14.7 Å². The van der Waals surface area contributed by atoms with Crippen molar-refractivity contribution in [3.05, 3.63) is 0 Å². The van der Waals surface area contributed by atoms with Crippen molar-refractivity contribution in [2.75, 3.05) is 20.2 Å². The summed E-state index contributed by atoms with van der Waals surface area (Å²) in [4.78, 5) is 22.8. The SMILES string of the molecule is CCN(C)C(=O)OCCCCCC(=O)O. The number of unbranched alkanes of at least 4 members (excludes halogenated alkanes) is 2. The number of rotatable bonds is 7. The highest BCUT2D eigenvalue weighted by Crippen LogP contribution is 2.01. The monoisotopic (exact) mass is 217 g/mol. The minimum Gasteiger partial charge on any atom is -0.481 e. The molecule has 0 aliphatic heterocycles. The molecule has 5 heteroatoms. The van der Waals surface area contributed by atoms with E-state index >= 15 is 0 Å². The fourth-order valence-corrected chi connectivity index (χ4v) is 0.954. The highest BCUT2D eigenvalue weighted by molar-refractivity contribution is 5.67. The maximum Gasteiger partial charge on any atom is 0.409 e. The van der Waals surface area contributed by atoms with Gasteiger partial charge in [0.1, 0.15) is 0 Å². The van der Waals surface area contributed by atoms with Gasteiger partial charge in [0.2, 0.25) is 0 Å². The third-order valence-electron chi connectivity index (χ3n) is 2.05. The molecule has 0 aromatic carbocycles. The van der Waals surface area contributed by atoms with Crippen LogP contribution in [0.15, 0.2) is 0 Å². The number of carbonyl (C=O) groups excluding carboxylic acids is 1. The van der Waals surface area contributed by atoms with Crippen LogP contribution < -0.4 is 0 Å². The second-order valence-electron chi connectivity index (χ2n) is 3.33. The van der Waals surface area contributed by atoms with E-state index in [0.29, 0.717) is 19.6 Å². The van der Waals surface area contributed by atoms with Crippen molar-refractivity contribution >= 4 is 12.1 Å². The lowest BCUT2D eigenvalue weighted by Gasteiger charge is -2.14. The van der Waals surface area contributed by atoms with E-state index < -0.39 is 5.97 Å². The van der Waals surface area contributed by atoms with Crippen LogP contribution in [0.4, 0.5) is 4.79 Å². The average Bonchev–Trinajstić information content (AvgIpc) is 2.21. The van der Waals surface area contributed by atoms with Crippen molar-refractivity contribution in [1.82, 2.24) is 4.90 Å². The Labute approximate surface area is 90.0 Å². The third kappa shape index (κ3) is 7.78. The minimum absolute atomic E-state index is 0.183. The first kappa shape index (κ1) is 13.7. The Balaban J connectivity index is 3.31. The Bertz CT molecular complexity index is 206. The maximum atomic E-state index is 11.1. The second-order valence-corrected chi connectivity index (χ2v) is 3.33. The molecule has 0 aromatic rings. The zero-order valence-electron chi connectivity index (χ0n) is 9.36. The van der Waals surface area contributed by atoms with Crippen molar-refractivity contribution in [2.45, 2.75) is 32.6 Å². The molecule has 0 spiro atoms. The highest BCUT2D eigenvalue weighted by Gasteiger charge is 2.06. The first-order chi connectivity index (χ1) is 7.07. The summed E-state index contributed by atoms with van der Waals surface area (Å²) in [6.07, 6.45) is 1.99. The normalized spacial score (nSPS) is 9.73. The Morgan fingerprint density at radius 2 is 1.93 bits per heavy atom. The molecule has 0 saturated heterocycles. The van der Waals surface area contributed by atoms with Gasteiger partial charge in [-0.15, -0.1) is 0 Å². The number of nitrogens with zero attached hydrogens (tertiary/aromatic N) is 1. The molecule has 0 rings (SSSR count). The van der Waals surface area contributed by atoms with Gasteiger partial charge in [-0.25, -0.2) is 4.79 Å². The largest absolute Gasteiger partial charge is 0.481 e. The van der Waals surface area contributed by atoms with Crippen LogP contribution in [-0.2, 0) is 9.53 Å². The van der Waals surface area contributed by atoms with Crippen LogP contribution in [0.3, 0.4) is 0 Å². The van der Waals surface area contributed by atoms with Crippen molar-refractivity contribution in [2.24, 2.45) is 0 Å². The summed E-state index contributed by atoms with van der Waals surface area (Å²) in [5.74, 6) is -0.780. The smallest absolute Gasteiger partial charge is 0.409 e. The van der Waals surface area contributed by atoms with Gasteiger partial charge in [0.25, 0.3) is 0 Å². The van der Waals surface area contributed by atoms with Crippen LogP contribution >= 0.6 is 0 Å². The third-order valence-corrected chi connectivity index (χ3v) is 2.05. The molecule has 1 amide bonds. The molecule has 5 nitrogen and oxygen atoms in total. The van der Waals surface area contributed by atoms with Gasteiger partial charge in [-0.3, -0.25) is 4.79 Å². The maximum absolute atomic E-state index is 11.1. The number of hydrogen-bond acceptors (Lipinski definition) is 3. The van der Waals surface area contributed by atoms with E-state index in [-0.39, 0.29) is 12.5 Å². The minimum atomic E-state index is -0.780. The van der Waals surface area contributed by atoms with Gasteiger partial charge in [-0.2, -0.15) is 0 Å². The lowest BCUT2D eigenvalue weighted by molar-refractivity contribution is -0.137. The zero-order chi connectivity index (χ0) is 11.7. The summed E-state index contributed by atoms with van der Waals surface area (Å²) in [6, 6.07) is 0. The Hall–Kier alpha value is -1.26. The van der Waals surface area contributed by atoms with Gasteiger partial charge in [0.15, 0.2) is 0 Å². The van der Waals surface area contributed by atoms with E-state index in [1.165, 1.54) is 4.90 Å². The Kier molecular flexibility index (Phi) is 7.40. The van der Waals surface area contributed by atoms with Gasteiger partial charge in [-0.1, -0.05) is 0 Å². The van der Waals surface area contributed by atoms with E-state index in [4.69, 9.17) is 9.84 Å². The number of ether oxygens (including phenoxy) is 1. The van der Waals surface area contributed by atoms with E-state index in [1.807, 2.05) is 6.92 Å². The molecular weight excluding hydrogens is 198 g/mol. The molecule has 0 fully saturated rings. The molecule has 0 aliphatic rings. The van der Waals surface area contributed by atoms with Crippen LogP contribution in [0.25, 0.3) is 0 Å². The van der Waals surface area contributed by atoms with Crippen molar-refractivity contribution in [3.8, 4) is 0 Å². The summed E-state index contributed by atoms with van der Waals surface area (Å²) >= 11 is 0. The summed E-state index contributed by atoms with van der Waals surface area (Å²) in [5.41, 5.74) is 0. The summed E-state index contributed by atoms with van der Waals surface area (Å²) < 4.78 is 4.94. The lowest BCUT2D eigenvalue weighted by atomic mass is 10.2. The second kappa shape index (κ2) is 8.08. The molecule has 0 unspecified atom stereocenters. The van der Waals surface area contributed by atoms with Crippen LogP contribution in [-0.4, -0.2) is 42.3 Å². The van der Waals surface area contributed by atoms with E-state index in [0.717, 1.165) is 12.8 Å². The van der Waals surface area contributed by atoms with Gasteiger partial charge >= 0.3 is 12.1 Å². The summed E-state index contributed by atoms with van der Waals surface area (Å²) in [6.45, 7) is 2.86. The number of carboxylic acids is 1. The predicted molar refractivity (Wildman–Crippen MR) is 55.8 cm³/mol. The predicted octanol–water partition coefficient (Wildman–Crippen LogP) is 1.72. The number of hydrogen-bond donors (Lipinski definition) is 1. The molecule has 88 valence electrons.